The van der Waals surface area contributed by atoms with Gasteiger partial charge in [0, 0.05) is 5.25 Å². The molecule has 2 unspecified atom stereocenters. The molecule has 2 atom stereocenters. The van der Waals surface area contributed by atoms with Crippen LogP contribution < -0.4 is 0 Å². The topological polar surface area (TPSA) is 37.3 Å². The highest BCUT2D eigenvalue weighted by Crippen LogP contribution is 2.25. The molecule has 14 heavy (non-hydrogen) atoms. The van der Waals surface area contributed by atoms with Gasteiger partial charge >= 0.3 is 5.97 Å². The van der Waals surface area contributed by atoms with E-state index in [2.05, 4.69) is 12.6 Å². The molecule has 1 aromatic carbocycles. The molecule has 0 aliphatic rings. The SMILES string of the molecule is CCC(S)C(C(=O)O)c1ccccc1. The molecule has 1 rings (SSSR count). The van der Waals surface area contributed by atoms with Gasteiger partial charge in [-0.1, -0.05) is 37.3 Å². The summed E-state index contributed by atoms with van der Waals surface area (Å²) in [5.41, 5.74) is 0.821. The van der Waals surface area contributed by atoms with Gasteiger partial charge in [0.2, 0.25) is 0 Å². The summed E-state index contributed by atoms with van der Waals surface area (Å²) in [6, 6.07) is 9.24. The Morgan fingerprint density at radius 3 is 2.43 bits per heavy atom. The lowest BCUT2D eigenvalue weighted by molar-refractivity contribution is -0.138. The van der Waals surface area contributed by atoms with Crippen molar-refractivity contribution < 1.29 is 9.90 Å². The van der Waals surface area contributed by atoms with Crippen molar-refractivity contribution in [3.8, 4) is 0 Å². The highest BCUT2D eigenvalue weighted by atomic mass is 32.1. The van der Waals surface area contributed by atoms with Gasteiger partial charge in [-0.15, -0.1) is 0 Å². The molecule has 0 aromatic heterocycles. The van der Waals surface area contributed by atoms with E-state index < -0.39 is 11.9 Å². The van der Waals surface area contributed by atoms with E-state index in [9.17, 15) is 4.79 Å². The zero-order valence-electron chi connectivity index (χ0n) is 8.05. The lowest BCUT2D eigenvalue weighted by atomic mass is 9.94. The molecule has 1 N–H and O–H groups in total. The lowest BCUT2D eigenvalue weighted by Crippen LogP contribution is -2.21. The van der Waals surface area contributed by atoms with Gasteiger partial charge in [0.15, 0.2) is 0 Å². The molecule has 0 bridgehead atoms. The first-order valence-electron chi connectivity index (χ1n) is 4.62. The van der Waals surface area contributed by atoms with Crippen molar-refractivity contribution >= 4 is 18.6 Å². The fourth-order valence-electron chi connectivity index (χ4n) is 1.43. The number of carboxylic acid groups (broad SMARTS) is 1. The van der Waals surface area contributed by atoms with E-state index in [0.717, 1.165) is 12.0 Å². The van der Waals surface area contributed by atoms with Crippen LogP contribution in [0.4, 0.5) is 0 Å². The Kier molecular flexibility index (Phi) is 4.01. The quantitative estimate of drug-likeness (QED) is 0.749. The molecule has 0 saturated carbocycles. The third-order valence-corrected chi connectivity index (χ3v) is 2.89. The Hall–Kier alpha value is -0.960. The number of benzene rings is 1. The standard InChI is InChI=1S/C11H14O2S/c1-2-9(14)10(11(12)13)8-6-4-3-5-7-8/h3-7,9-10,14H,2H2,1H3,(H,12,13). The van der Waals surface area contributed by atoms with Gasteiger partial charge in [0.05, 0.1) is 5.92 Å². The first-order valence-corrected chi connectivity index (χ1v) is 5.14. The number of thiol groups is 1. The van der Waals surface area contributed by atoms with Crippen molar-refractivity contribution in [2.75, 3.05) is 0 Å². The normalized spacial score (nSPS) is 14.7. The summed E-state index contributed by atoms with van der Waals surface area (Å²) in [5, 5.41) is 8.95. The molecule has 0 radical (unpaired) electrons. The van der Waals surface area contributed by atoms with Crippen molar-refractivity contribution in [2.45, 2.75) is 24.5 Å². The molecule has 3 heteroatoms. The maximum absolute atomic E-state index is 11.1. The Labute approximate surface area is 89.4 Å². The summed E-state index contributed by atoms with van der Waals surface area (Å²) in [7, 11) is 0. The number of rotatable bonds is 4. The van der Waals surface area contributed by atoms with E-state index in [1.165, 1.54) is 0 Å². The van der Waals surface area contributed by atoms with Crippen LogP contribution >= 0.6 is 12.6 Å². The number of hydrogen-bond acceptors (Lipinski definition) is 2. The molecule has 0 amide bonds. The van der Waals surface area contributed by atoms with Crippen LogP contribution in [0.15, 0.2) is 30.3 Å². The molecule has 0 aliphatic heterocycles. The second kappa shape index (κ2) is 5.05. The number of carboxylic acids is 1. The van der Waals surface area contributed by atoms with E-state index >= 15 is 0 Å². The van der Waals surface area contributed by atoms with E-state index in [-0.39, 0.29) is 5.25 Å². The van der Waals surface area contributed by atoms with Crippen LogP contribution in [0.2, 0.25) is 0 Å². The predicted octanol–water partition coefficient (Wildman–Crippen LogP) is 2.56. The lowest BCUT2D eigenvalue weighted by Gasteiger charge is -2.17. The molecule has 76 valence electrons. The van der Waals surface area contributed by atoms with Crippen LogP contribution in [-0.4, -0.2) is 16.3 Å². The van der Waals surface area contributed by atoms with Gasteiger partial charge in [-0.05, 0) is 12.0 Å². The van der Waals surface area contributed by atoms with E-state index in [1.807, 2.05) is 37.3 Å². The number of carbonyl (C=O) groups is 1. The van der Waals surface area contributed by atoms with Gasteiger partial charge in [-0.25, -0.2) is 0 Å². The first-order chi connectivity index (χ1) is 6.66. The molecule has 0 fully saturated rings. The summed E-state index contributed by atoms with van der Waals surface area (Å²) in [6.45, 7) is 1.94. The minimum atomic E-state index is -0.807. The Balaban J connectivity index is 2.95. The predicted molar refractivity (Wildman–Crippen MR) is 59.9 cm³/mol. The zero-order valence-corrected chi connectivity index (χ0v) is 8.95. The Bertz CT molecular complexity index is 297. The van der Waals surface area contributed by atoms with Crippen LogP contribution in [0.3, 0.4) is 0 Å². The second-order valence-corrected chi connectivity index (χ2v) is 3.87. The van der Waals surface area contributed by atoms with Crippen LogP contribution in [0.1, 0.15) is 24.8 Å². The molecule has 0 saturated heterocycles. The van der Waals surface area contributed by atoms with Crippen molar-refractivity contribution in [2.24, 2.45) is 0 Å². The van der Waals surface area contributed by atoms with Gasteiger partial charge in [0.25, 0.3) is 0 Å². The summed E-state index contributed by atoms with van der Waals surface area (Å²) >= 11 is 4.29. The van der Waals surface area contributed by atoms with Crippen LogP contribution in [0, 0.1) is 0 Å². The van der Waals surface area contributed by atoms with Gasteiger partial charge in [0.1, 0.15) is 0 Å². The second-order valence-electron chi connectivity index (χ2n) is 3.20. The van der Waals surface area contributed by atoms with E-state index in [1.54, 1.807) is 0 Å². The van der Waals surface area contributed by atoms with E-state index in [4.69, 9.17) is 5.11 Å². The maximum atomic E-state index is 11.1. The minimum Gasteiger partial charge on any atom is -0.481 e. The molecule has 1 aromatic rings. The van der Waals surface area contributed by atoms with Crippen LogP contribution in [0.25, 0.3) is 0 Å². The fourth-order valence-corrected chi connectivity index (χ4v) is 1.73. The highest BCUT2D eigenvalue weighted by molar-refractivity contribution is 7.81. The number of hydrogen-bond donors (Lipinski definition) is 2. The van der Waals surface area contributed by atoms with Crippen LogP contribution in [0.5, 0.6) is 0 Å². The fraction of sp³-hybridized carbons (Fsp3) is 0.364. The first kappa shape index (κ1) is 11.1. The van der Waals surface area contributed by atoms with Crippen molar-refractivity contribution in [3.63, 3.8) is 0 Å². The molecular weight excluding hydrogens is 196 g/mol. The summed E-state index contributed by atoms with van der Waals surface area (Å²) in [4.78, 5) is 11.1. The third kappa shape index (κ3) is 2.51. The highest BCUT2D eigenvalue weighted by Gasteiger charge is 2.25. The van der Waals surface area contributed by atoms with Crippen molar-refractivity contribution in [3.05, 3.63) is 35.9 Å². The smallest absolute Gasteiger partial charge is 0.312 e. The monoisotopic (exact) mass is 210 g/mol. The average Bonchev–Trinajstić information content (AvgIpc) is 2.19. The zero-order chi connectivity index (χ0) is 10.6. The summed E-state index contributed by atoms with van der Waals surface area (Å²) in [6.07, 6.45) is 0.745. The molecule has 2 nitrogen and oxygen atoms in total. The maximum Gasteiger partial charge on any atom is 0.312 e. The molecular formula is C11H14O2S. The van der Waals surface area contributed by atoms with Gasteiger partial charge in [-0.2, -0.15) is 12.6 Å². The van der Waals surface area contributed by atoms with Gasteiger partial charge < -0.3 is 5.11 Å². The van der Waals surface area contributed by atoms with Crippen molar-refractivity contribution in [1.29, 1.82) is 0 Å². The molecule has 0 spiro atoms. The molecule has 0 aliphatic carbocycles. The molecule has 0 heterocycles. The summed E-state index contributed by atoms with van der Waals surface area (Å²) in [5.74, 6) is -1.32. The Morgan fingerprint density at radius 2 is 2.00 bits per heavy atom. The van der Waals surface area contributed by atoms with Crippen LogP contribution in [-0.2, 0) is 4.79 Å². The summed E-state index contributed by atoms with van der Waals surface area (Å²) < 4.78 is 0. The van der Waals surface area contributed by atoms with Gasteiger partial charge in [-0.3, -0.25) is 4.79 Å². The number of aliphatic carboxylic acids is 1. The van der Waals surface area contributed by atoms with Crippen molar-refractivity contribution in [1.82, 2.24) is 0 Å². The van der Waals surface area contributed by atoms with E-state index in [0.29, 0.717) is 0 Å². The average molecular weight is 210 g/mol. The third-order valence-electron chi connectivity index (χ3n) is 2.23. The minimum absolute atomic E-state index is 0.130. The Morgan fingerprint density at radius 1 is 1.43 bits per heavy atom. The largest absolute Gasteiger partial charge is 0.481 e.